The van der Waals surface area contributed by atoms with Crippen molar-refractivity contribution >= 4 is 17.4 Å². The maximum absolute atomic E-state index is 13.1. The van der Waals surface area contributed by atoms with E-state index >= 15 is 0 Å². The first-order valence-electron chi connectivity index (χ1n) is 8.83. The second-order valence-corrected chi connectivity index (χ2v) is 7.53. The Bertz CT molecular complexity index is 983. The van der Waals surface area contributed by atoms with Crippen molar-refractivity contribution in [3.05, 3.63) is 77.6 Å². The number of hydrogen-bond acceptors (Lipinski definition) is 3. The van der Waals surface area contributed by atoms with Crippen LogP contribution in [0.1, 0.15) is 42.3 Å². The second-order valence-electron chi connectivity index (χ2n) is 7.53. The highest BCUT2D eigenvalue weighted by atomic mass is 16.2. The molecule has 3 aromatic rings. The van der Waals surface area contributed by atoms with Crippen LogP contribution in [0.25, 0.3) is 5.69 Å². The molecule has 0 saturated carbocycles. The Labute approximate surface area is 159 Å². The zero-order valence-electron chi connectivity index (χ0n) is 16.0. The van der Waals surface area contributed by atoms with Crippen LogP contribution in [0.3, 0.4) is 0 Å². The quantitative estimate of drug-likeness (QED) is 0.701. The van der Waals surface area contributed by atoms with Gasteiger partial charge in [0, 0.05) is 34.6 Å². The normalized spacial score (nSPS) is 11.3. The molecule has 0 aliphatic rings. The minimum Gasteiger partial charge on any atom is -0.326 e. The number of carbonyl (C=O) groups excluding carboxylic acids is 2. The van der Waals surface area contributed by atoms with Gasteiger partial charge in [0.1, 0.15) is 0 Å². The monoisotopic (exact) mass is 361 g/mol. The summed E-state index contributed by atoms with van der Waals surface area (Å²) in [7, 11) is 0. The Balaban J connectivity index is 2.06. The van der Waals surface area contributed by atoms with Gasteiger partial charge >= 0.3 is 0 Å². The summed E-state index contributed by atoms with van der Waals surface area (Å²) < 4.78 is 1.64. The lowest BCUT2D eigenvalue weighted by Crippen LogP contribution is -2.27. The summed E-state index contributed by atoms with van der Waals surface area (Å²) in [6, 6.07) is 14.6. The van der Waals surface area contributed by atoms with Crippen LogP contribution in [-0.4, -0.2) is 21.5 Å². The number of amides is 1. The molecule has 0 spiro atoms. The highest BCUT2D eigenvalue weighted by Gasteiger charge is 2.22. The van der Waals surface area contributed by atoms with Crippen LogP contribution in [0.4, 0.5) is 5.69 Å². The number of nitrogens with zero attached hydrogens (tertiary/aromatic N) is 2. The largest absolute Gasteiger partial charge is 0.326 e. The van der Waals surface area contributed by atoms with Crippen molar-refractivity contribution in [3.8, 4) is 5.69 Å². The van der Waals surface area contributed by atoms with E-state index in [1.54, 1.807) is 41.3 Å². The summed E-state index contributed by atoms with van der Waals surface area (Å²) in [5.41, 5.74) is 2.83. The van der Waals surface area contributed by atoms with Gasteiger partial charge in [-0.2, -0.15) is 5.10 Å². The minimum absolute atomic E-state index is 0.0766. The van der Waals surface area contributed by atoms with Gasteiger partial charge in [0.05, 0.1) is 5.69 Å². The molecule has 5 nitrogen and oxygen atoms in total. The van der Waals surface area contributed by atoms with E-state index in [4.69, 9.17) is 0 Å². The average molecular weight is 361 g/mol. The minimum atomic E-state index is -0.512. The number of ketones is 1. The molecule has 138 valence electrons. The van der Waals surface area contributed by atoms with E-state index in [-0.39, 0.29) is 11.7 Å². The Morgan fingerprint density at radius 3 is 2.37 bits per heavy atom. The maximum atomic E-state index is 13.1. The number of benzene rings is 2. The van der Waals surface area contributed by atoms with Gasteiger partial charge in [0.2, 0.25) is 5.91 Å². The summed E-state index contributed by atoms with van der Waals surface area (Å²) in [6.07, 6.45) is 3.43. The highest BCUT2D eigenvalue weighted by molar-refractivity contribution is 6.12. The van der Waals surface area contributed by atoms with Gasteiger partial charge in [-0.1, -0.05) is 45.0 Å². The lowest BCUT2D eigenvalue weighted by atomic mass is 9.95. The fourth-order valence-electron chi connectivity index (χ4n) is 2.69. The number of aryl methyl sites for hydroxylation is 1. The average Bonchev–Trinajstić information content (AvgIpc) is 3.15. The van der Waals surface area contributed by atoms with Crippen LogP contribution in [0.5, 0.6) is 0 Å². The molecule has 0 saturated heterocycles. The number of rotatable bonds is 4. The van der Waals surface area contributed by atoms with Crippen molar-refractivity contribution in [1.82, 2.24) is 9.78 Å². The zero-order chi connectivity index (χ0) is 19.6. The standard InChI is InChI=1S/C22H23N3O2/c1-15-8-5-6-9-17(15)20(26)18-11-10-16(24-21(27)22(2,3)4)14-19(18)25-13-7-12-23-25/h5-14H,1-4H3,(H,24,27). The van der Waals surface area contributed by atoms with Crippen molar-refractivity contribution in [2.45, 2.75) is 27.7 Å². The van der Waals surface area contributed by atoms with Gasteiger partial charge in [-0.3, -0.25) is 9.59 Å². The molecule has 1 N–H and O–H groups in total. The van der Waals surface area contributed by atoms with Crippen LogP contribution < -0.4 is 5.32 Å². The second kappa shape index (κ2) is 7.19. The van der Waals surface area contributed by atoms with Gasteiger partial charge in [-0.05, 0) is 36.8 Å². The van der Waals surface area contributed by atoms with Crippen molar-refractivity contribution in [2.75, 3.05) is 5.32 Å². The van der Waals surface area contributed by atoms with Gasteiger partial charge in [-0.15, -0.1) is 0 Å². The van der Waals surface area contributed by atoms with Crippen molar-refractivity contribution < 1.29 is 9.59 Å². The molecule has 0 radical (unpaired) electrons. The van der Waals surface area contributed by atoms with Gasteiger partial charge in [0.15, 0.2) is 5.78 Å². The first-order valence-corrected chi connectivity index (χ1v) is 8.83. The summed E-state index contributed by atoms with van der Waals surface area (Å²) >= 11 is 0. The van der Waals surface area contributed by atoms with E-state index in [1.807, 2.05) is 52.0 Å². The summed E-state index contributed by atoms with van der Waals surface area (Å²) in [5.74, 6) is -0.167. The molecule has 0 bridgehead atoms. The van der Waals surface area contributed by atoms with E-state index in [0.29, 0.717) is 22.5 Å². The first-order chi connectivity index (χ1) is 12.8. The third kappa shape index (κ3) is 3.97. The Morgan fingerprint density at radius 2 is 1.74 bits per heavy atom. The van der Waals surface area contributed by atoms with Crippen LogP contribution >= 0.6 is 0 Å². The van der Waals surface area contributed by atoms with Gasteiger partial charge in [0.25, 0.3) is 0 Å². The van der Waals surface area contributed by atoms with Crippen molar-refractivity contribution in [3.63, 3.8) is 0 Å². The van der Waals surface area contributed by atoms with Crippen LogP contribution in [0.2, 0.25) is 0 Å². The number of aromatic nitrogens is 2. The SMILES string of the molecule is Cc1ccccc1C(=O)c1ccc(NC(=O)C(C)(C)C)cc1-n1cccn1. The van der Waals surface area contributed by atoms with Gasteiger partial charge in [-0.25, -0.2) is 4.68 Å². The number of anilines is 1. The van der Waals surface area contributed by atoms with Crippen LogP contribution in [-0.2, 0) is 4.79 Å². The van der Waals surface area contributed by atoms with E-state index in [9.17, 15) is 9.59 Å². The fourth-order valence-corrected chi connectivity index (χ4v) is 2.69. The molecule has 1 heterocycles. The maximum Gasteiger partial charge on any atom is 0.229 e. The first kappa shape index (κ1) is 18.6. The molecule has 0 fully saturated rings. The molecular formula is C22H23N3O2. The molecule has 0 atom stereocenters. The highest BCUT2D eigenvalue weighted by Crippen LogP contribution is 2.25. The Morgan fingerprint density at radius 1 is 1.00 bits per heavy atom. The third-order valence-corrected chi connectivity index (χ3v) is 4.32. The lowest BCUT2D eigenvalue weighted by molar-refractivity contribution is -0.123. The molecule has 1 amide bonds. The predicted molar refractivity (Wildman–Crippen MR) is 106 cm³/mol. The van der Waals surface area contributed by atoms with Crippen LogP contribution in [0.15, 0.2) is 60.9 Å². The molecule has 27 heavy (non-hydrogen) atoms. The molecule has 2 aromatic carbocycles. The Kier molecular flexibility index (Phi) is 4.95. The van der Waals surface area contributed by atoms with E-state index in [2.05, 4.69) is 10.4 Å². The molecule has 0 aliphatic carbocycles. The zero-order valence-corrected chi connectivity index (χ0v) is 16.0. The number of hydrogen-bond donors (Lipinski definition) is 1. The van der Waals surface area contributed by atoms with E-state index in [0.717, 1.165) is 5.56 Å². The summed E-state index contributed by atoms with van der Waals surface area (Å²) in [4.78, 5) is 25.5. The Hall–Kier alpha value is -3.21. The van der Waals surface area contributed by atoms with E-state index in [1.165, 1.54) is 0 Å². The molecule has 0 unspecified atom stereocenters. The molecule has 3 rings (SSSR count). The van der Waals surface area contributed by atoms with Crippen molar-refractivity contribution in [1.29, 1.82) is 0 Å². The topological polar surface area (TPSA) is 64.0 Å². The number of nitrogens with one attached hydrogen (secondary N) is 1. The molecule has 5 heteroatoms. The molecule has 0 aliphatic heterocycles. The fraction of sp³-hybridized carbons (Fsp3) is 0.227. The predicted octanol–water partition coefficient (Wildman–Crippen LogP) is 4.40. The smallest absolute Gasteiger partial charge is 0.229 e. The third-order valence-electron chi connectivity index (χ3n) is 4.32. The summed E-state index contributed by atoms with van der Waals surface area (Å²) in [6.45, 7) is 7.48. The summed E-state index contributed by atoms with van der Waals surface area (Å²) in [5, 5.41) is 7.18. The van der Waals surface area contributed by atoms with Crippen molar-refractivity contribution in [2.24, 2.45) is 5.41 Å². The van der Waals surface area contributed by atoms with Crippen LogP contribution in [0, 0.1) is 12.3 Å². The molecular weight excluding hydrogens is 338 g/mol. The molecule has 1 aromatic heterocycles. The number of carbonyl (C=O) groups is 2. The van der Waals surface area contributed by atoms with E-state index < -0.39 is 5.41 Å². The lowest BCUT2D eigenvalue weighted by Gasteiger charge is -2.19. The van der Waals surface area contributed by atoms with Gasteiger partial charge < -0.3 is 5.32 Å².